The number of amides is 1. The van der Waals surface area contributed by atoms with Crippen molar-refractivity contribution in [1.29, 1.82) is 0 Å². The van der Waals surface area contributed by atoms with Crippen molar-refractivity contribution >= 4 is 46.5 Å². The highest BCUT2D eigenvalue weighted by Gasteiger charge is 2.13. The van der Waals surface area contributed by atoms with Gasteiger partial charge in [-0.25, -0.2) is 9.97 Å². The average Bonchev–Trinajstić information content (AvgIpc) is 2.32. The van der Waals surface area contributed by atoms with Gasteiger partial charge in [0.15, 0.2) is 0 Å². The SMILES string of the molecule is O=C(Nc1cc(Cl)ncn1)c1cccc(Cl)c1Cl. The van der Waals surface area contributed by atoms with Crippen molar-refractivity contribution in [3.63, 3.8) is 0 Å². The van der Waals surface area contributed by atoms with Crippen LogP contribution in [0.2, 0.25) is 15.2 Å². The molecule has 0 spiro atoms. The standard InChI is InChI=1S/C11H6Cl3N3O/c12-7-3-1-2-6(10(7)14)11(18)17-9-4-8(13)15-5-16-9/h1-5H,(H,15,16,17,18). The van der Waals surface area contributed by atoms with Gasteiger partial charge in [0.2, 0.25) is 0 Å². The van der Waals surface area contributed by atoms with Crippen LogP contribution in [0.4, 0.5) is 5.82 Å². The van der Waals surface area contributed by atoms with Crippen molar-refractivity contribution in [1.82, 2.24) is 9.97 Å². The van der Waals surface area contributed by atoms with Crippen LogP contribution >= 0.6 is 34.8 Å². The lowest BCUT2D eigenvalue weighted by molar-refractivity contribution is 0.102. The molecule has 1 aromatic carbocycles. The smallest absolute Gasteiger partial charge is 0.258 e. The Hall–Kier alpha value is -1.36. The van der Waals surface area contributed by atoms with Gasteiger partial charge in [0.1, 0.15) is 17.3 Å². The first-order valence-electron chi connectivity index (χ1n) is 4.81. The number of nitrogens with zero attached hydrogens (tertiary/aromatic N) is 2. The average molecular weight is 303 g/mol. The van der Waals surface area contributed by atoms with Gasteiger partial charge in [-0.15, -0.1) is 0 Å². The third-order valence-corrected chi connectivity index (χ3v) is 3.10. The molecule has 0 unspecified atom stereocenters. The Labute approximate surface area is 118 Å². The number of nitrogens with one attached hydrogen (secondary N) is 1. The molecule has 0 aliphatic heterocycles. The molecule has 0 aliphatic rings. The van der Waals surface area contributed by atoms with E-state index in [0.29, 0.717) is 5.02 Å². The zero-order valence-corrected chi connectivity index (χ0v) is 11.1. The highest BCUT2D eigenvalue weighted by atomic mass is 35.5. The number of halogens is 3. The second kappa shape index (κ2) is 5.52. The van der Waals surface area contributed by atoms with E-state index in [9.17, 15) is 4.79 Å². The predicted octanol–water partition coefficient (Wildman–Crippen LogP) is 3.69. The first kappa shape index (κ1) is 13.1. The molecule has 0 saturated heterocycles. The highest BCUT2D eigenvalue weighted by Crippen LogP contribution is 2.26. The van der Waals surface area contributed by atoms with E-state index in [4.69, 9.17) is 34.8 Å². The van der Waals surface area contributed by atoms with Crippen LogP contribution in [0.1, 0.15) is 10.4 Å². The fraction of sp³-hybridized carbons (Fsp3) is 0. The Kier molecular flexibility index (Phi) is 4.01. The van der Waals surface area contributed by atoms with Crippen LogP contribution in [-0.2, 0) is 0 Å². The van der Waals surface area contributed by atoms with Crippen LogP contribution in [0, 0.1) is 0 Å². The molecule has 18 heavy (non-hydrogen) atoms. The topological polar surface area (TPSA) is 54.9 Å². The highest BCUT2D eigenvalue weighted by molar-refractivity contribution is 6.44. The van der Waals surface area contributed by atoms with E-state index in [1.54, 1.807) is 18.2 Å². The first-order valence-corrected chi connectivity index (χ1v) is 5.94. The normalized spacial score (nSPS) is 10.2. The molecule has 1 heterocycles. The van der Waals surface area contributed by atoms with Crippen LogP contribution < -0.4 is 5.32 Å². The predicted molar refractivity (Wildman–Crippen MR) is 71.5 cm³/mol. The zero-order valence-electron chi connectivity index (χ0n) is 8.82. The molecular weight excluding hydrogens is 296 g/mol. The summed E-state index contributed by atoms with van der Waals surface area (Å²) in [4.78, 5) is 19.5. The van der Waals surface area contributed by atoms with Gasteiger partial charge in [0.25, 0.3) is 5.91 Å². The minimum Gasteiger partial charge on any atom is -0.306 e. The molecule has 7 heteroatoms. The van der Waals surface area contributed by atoms with E-state index in [2.05, 4.69) is 15.3 Å². The molecule has 1 aromatic heterocycles. The Bertz CT molecular complexity index is 604. The van der Waals surface area contributed by atoms with E-state index in [0.717, 1.165) is 0 Å². The van der Waals surface area contributed by atoms with Crippen LogP contribution in [0.15, 0.2) is 30.6 Å². The van der Waals surface area contributed by atoms with Gasteiger partial charge in [0, 0.05) is 6.07 Å². The van der Waals surface area contributed by atoms with Gasteiger partial charge in [-0.2, -0.15) is 0 Å². The summed E-state index contributed by atoms with van der Waals surface area (Å²) in [6.45, 7) is 0. The maximum absolute atomic E-state index is 11.9. The van der Waals surface area contributed by atoms with Crippen molar-refractivity contribution in [2.75, 3.05) is 5.32 Å². The number of anilines is 1. The number of hydrogen-bond donors (Lipinski definition) is 1. The van der Waals surface area contributed by atoms with E-state index in [-0.39, 0.29) is 21.6 Å². The maximum atomic E-state index is 11.9. The van der Waals surface area contributed by atoms with Crippen molar-refractivity contribution < 1.29 is 4.79 Å². The molecule has 2 aromatic rings. The summed E-state index contributed by atoms with van der Waals surface area (Å²) in [5, 5.41) is 3.29. The molecule has 1 amide bonds. The second-order valence-electron chi connectivity index (χ2n) is 3.28. The molecule has 0 saturated carbocycles. The third kappa shape index (κ3) is 2.90. The number of carbonyl (C=O) groups excluding carboxylic acids is 1. The molecule has 0 atom stereocenters. The molecule has 0 aliphatic carbocycles. The molecule has 0 bridgehead atoms. The van der Waals surface area contributed by atoms with Crippen molar-refractivity contribution in [3.05, 3.63) is 51.4 Å². The minimum absolute atomic E-state index is 0.191. The number of rotatable bonds is 2. The third-order valence-electron chi connectivity index (χ3n) is 2.07. The number of hydrogen-bond acceptors (Lipinski definition) is 3. The summed E-state index contributed by atoms with van der Waals surface area (Å²) in [6, 6.07) is 6.22. The lowest BCUT2D eigenvalue weighted by Gasteiger charge is -2.06. The summed E-state index contributed by atoms with van der Waals surface area (Å²) in [6.07, 6.45) is 1.25. The van der Waals surface area contributed by atoms with E-state index < -0.39 is 5.91 Å². The quantitative estimate of drug-likeness (QED) is 0.861. The summed E-state index contributed by atoms with van der Waals surface area (Å²) >= 11 is 17.4. The largest absolute Gasteiger partial charge is 0.306 e. The van der Waals surface area contributed by atoms with Crippen LogP contribution in [0.5, 0.6) is 0 Å². The summed E-state index contributed by atoms with van der Waals surface area (Å²) < 4.78 is 0. The van der Waals surface area contributed by atoms with E-state index >= 15 is 0 Å². The van der Waals surface area contributed by atoms with Crippen molar-refractivity contribution in [2.24, 2.45) is 0 Å². The summed E-state index contributed by atoms with van der Waals surface area (Å²) in [7, 11) is 0. The lowest BCUT2D eigenvalue weighted by Crippen LogP contribution is -2.13. The Morgan fingerprint density at radius 1 is 1.17 bits per heavy atom. The Morgan fingerprint density at radius 3 is 2.67 bits per heavy atom. The van der Waals surface area contributed by atoms with Crippen LogP contribution in [-0.4, -0.2) is 15.9 Å². The Balaban J connectivity index is 2.25. The number of aromatic nitrogens is 2. The molecular formula is C11H6Cl3N3O. The maximum Gasteiger partial charge on any atom is 0.258 e. The van der Waals surface area contributed by atoms with E-state index in [1.165, 1.54) is 12.4 Å². The van der Waals surface area contributed by atoms with Gasteiger partial charge in [-0.3, -0.25) is 4.79 Å². The lowest BCUT2D eigenvalue weighted by atomic mass is 10.2. The molecule has 0 radical (unpaired) electrons. The monoisotopic (exact) mass is 301 g/mol. The molecule has 2 rings (SSSR count). The molecule has 1 N–H and O–H groups in total. The van der Waals surface area contributed by atoms with E-state index in [1.807, 2.05) is 0 Å². The first-order chi connectivity index (χ1) is 8.58. The fourth-order valence-corrected chi connectivity index (χ4v) is 1.80. The number of benzene rings is 1. The fourth-order valence-electron chi connectivity index (χ4n) is 1.26. The zero-order chi connectivity index (χ0) is 13.1. The Morgan fingerprint density at radius 2 is 1.94 bits per heavy atom. The van der Waals surface area contributed by atoms with Crippen LogP contribution in [0.25, 0.3) is 0 Å². The van der Waals surface area contributed by atoms with Gasteiger partial charge < -0.3 is 5.32 Å². The van der Waals surface area contributed by atoms with Crippen molar-refractivity contribution in [2.45, 2.75) is 0 Å². The number of carbonyl (C=O) groups is 1. The molecule has 0 fully saturated rings. The van der Waals surface area contributed by atoms with Gasteiger partial charge >= 0.3 is 0 Å². The summed E-state index contributed by atoms with van der Waals surface area (Å²) in [5.41, 5.74) is 0.263. The van der Waals surface area contributed by atoms with Crippen molar-refractivity contribution in [3.8, 4) is 0 Å². The summed E-state index contributed by atoms with van der Waals surface area (Å²) in [5.74, 6) is -0.131. The second-order valence-corrected chi connectivity index (χ2v) is 4.45. The van der Waals surface area contributed by atoms with Gasteiger partial charge in [-0.1, -0.05) is 40.9 Å². The van der Waals surface area contributed by atoms with Gasteiger partial charge in [-0.05, 0) is 12.1 Å². The molecule has 4 nitrogen and oxygen atoms in total. The van der Waals surface area contributed by atoms with Crippen LogP contribution in [0.3, 0.4) is 0 Å². The van der Waals surface area contributed by atoms with Gasteiger partial charge in [0.05, 0.1) is 15.6 Å². The molecule has 92 valence electrons. The minimum atomic E-state index is -0.419.